The third kappa shape index (κ3) is 8.64. The molecular formula is C33H44N4O3S. The molecule has 0 radical (unpaired) electrons. The average molecular weight is 577 g/mol. The van der Waals surface area contributed by atoms with E-state index < -0.39 is 10.0 Å². The first-order valence-electron chi connectivity index (χ1n) is 14.8. The maximum atomic E-state index is 13.2. The van der Waals surface area contributed by atoms with Crippen molar-refractivity contribution in [1.82, 2.24) is 19.4 Å². The summed E-state index contributed by atoms with van der Waals surface area (Å²) in [6.45, 7) is 6.57. The molecule has 0 saturated carbocycles. The number of amides is 2. The largest absolute Gasteiger partial charge is 0.334 e. The summed E-state index contributed by atoms with van der Waals surface area (Å²) in [5.41, 5.74) is 2.25. The first kappa shape index (κ1) is 30.8. The van der Waals surface area contributed by atoms with Gasteiger partial charge in [-0.25, -0.2) is 17.5 Å². The minimum absolute atomic E-state index is 0.0148. The highest BCUT2D eigenvalue weighted by Crippen LogP contribution is 2.26. The molecule has 0 unspecified atom stereocenters. The second-order valence-electron chi connectivity index (χ2n) is 10.9. The highest BCUT2D eigenvalue weighted by atomic mass is 32.2. The van der Waals surface area contributed by atoms with Gasteiger partial charge in [-0.15, -0.1) is 0 Å². The molecule has 1 saturated heterocycles. The number of hydrogen-bond donors (Lipinski definition) is 1. The van der Waals surface area contributed by atoms with E-state index in [1.807, 2.05) is 59.5 Å². The van der Waals surface area contributed by atoms with E-state index in [1.165, 1.54) is 4.31 Å². The molecule has 3 aromatic carbocycles. The van der Waals surface area contributed by atoms with Crippen LogP contribution in [0.1, 0.15) is 49.7 Å². The summed E-state index contributed by atoms with van der Waals surface area (Å²) in [4.78, 5) is 17.9. The molecule has 7 nitrogen and oxygen atoms in total. The molecule has 1 atom stereocenters. The van der Waals surface area contributed by atoms with Crippen LogP contribution in [-0.2, 0) is 16.6 Å². The molecule has 41 heavy (non-hydrogen) atoms. The van der Waals surface area contributed by atoms with Gasteiger partial charge in [0.25, 0.3) is 0 Å². The lowest BCUT2D eigenvalue weighted by atomic mass is 9.94. The van der Waals surface area contributed by atoms with Gasteiger partial charge < -0.3 is 15.1 Å². The Morgan fingerprint density at radius 3 is 2.12 bits per heavy atom. The molecule has 0 aromatic heterocycles. The molecule has 0 bridgehead atoms. The number of carbonyl (C=O) groups excluding carboxylic acids is 1. The molecule has 2 amide bonds. The van der Waals surface area contributed by atoms with Crippen LogP contribution in [0.15, 0.2) is 95.9 Å². The fraction of sp³-hybridized carbons (Fsp3) is 0.424. The Kier molecular flexibility index (Phi) is 11.4. The summed E-state index contributed by atoms with van der Waals surface area (Å²) < 4.78 is 27.9. The average Bonchev–Trinajstić information content (AvgIpc) is 3.02. The molecule has 3 aromatic rings. The number of hydrogen-bond acceptors (Lipinski definition) is 4. The lowest BCUT2D eigenvalue weighted by Gasteiger charge is -2.39. The Morgan fingerprint density at radius 1 is 0.927 bits per heavy atom. The molecule has 8 heteroatoms. The number of benzene rings is 3. The third-order valence-corrected chi connectivity index (χ3v) is 9.84. The quantitative estimate of drug-likeness (QED) is 0.289. The van der Waals surface area contributed by atoms with Crippen LogP contribution in [0.25, 0.3) is 0 Å². The van der Waals surface area contributed by atoms with Crippen molar-refractivity contribution in [1.29, 1.82) is 0 Å². The van der Waals surface area contributed by atoms with Gasteiger partial charge in [0.1, 0.15) is 0 Å². The number of piperidine rings is 1. The summed E-state index contributed by atoms with van der Waals surface area (Å²) in [5, 5.41) is 3.11. The van der Waals surface area contributed by atoms with Crippen LogP contribution in [-0.4, -0.2) is 74.4 Å². The van der Waals surface area contributed by atoms with Crippen molar-refractivity contribution in [3.8, 4) is 0 Å². The second-order valence-corrected chi connectivity index (χ2v) is 13.0. The van der Waals surface area contributed by atoms with E-state index in [-0.39, 0.29) is 18.0 Å². The molecular weight excluding hydrogens is 532 g/mol. The van der Waals surface area contributed by atoms with E-state index in [2.05, 4.69) is 29.3 Å². The molecule has 0 aliphatic carbocycles. The van der Waals surface area contributed by atoms with E-state index in [4.69, 9.17) is 0 Å². The van der Waals surface area contributed by atoms with Crippen LogP contribution < -0.4 is 5.32 Å². The van der Waals surface area contributed by atoms with Crippen LogP contribution in [0.4, 0.5) is 4.79 Å². The predicted octanol–water partition coefficient (Wildman–Crippen LogP) is 5.57. The summed E-state index contributed by atoms with van der Waals surface area (Å²) in [6, 6.07) is 29.1. The van der Waals surface area contributed by atoms with E-state index in [0.717, 1.165) is 63.0 Å². The Morgan fingerprint density at radius 2 is 1.51 bits per heavy atom. The molecule has 1 fully saturated rings. The summed E-state index contributed by atoms with van der Waals surface area (Å²) >= 11 is 0. The zero-order valence-corrected chi connectivity index (χ0v) is 25.2. The highest BCUT2D eigenvalue weighted by Gasteiger charge is 2.29. The number of nitrogens with one attached hydrogen (secondary N) is 1. The first-order chi connectivity index (χ1) is 19.9. The predicted molar refractivity (Wildman–Crippen MR) is 165 cm³/mol. The van der Waals surface area contributed by atoms with Gasteiger partial charge in [0, 0.05) is 45.8 Å². The fourth-order valence-corrected chi connectivity index (χ4v) is 6.87. The number of rotatable bonds is 13. The van der Waals surface area contributed by atoms with Crippen LogP contribution >= 0.6 is 0 Å². The molecule has 0 spiro atoms. The second kappa shape index (κ2) is 15.1. The Bertz CT molecular complexity index is 1300. The Balaban J connectivity index is 1.33. The van der Waals surface area contributed by atoms with Gasteiger partial charge in [0.2, 0.25) is 10.0 Å². The topological polar surface area (TPSA) is 73.0 Å². The van der Waals surface area contributed by atoms with Crippen LogP contribution in [0, 0.1) is 0 Å². The number of sulfonamides is 1. The number of carbonyl (C=O) groups is 1. The monoisotopic (exact) mass is 576 g/mol. The van der Waals surface area contributed by atoms with Gasteiger partial charge in [-0.1, -0.05) is 85.8 Å². The van der Waals surface area contributed by atoms with E-state index >= 15 is 0 Å². The van der Waals surface area contributed by atoms with Gasteiger partial charge >= 0.3 is 6.03 Å². The molecule has 1 aliphatic heterocycles. The van der Waals surface area contributed by atoms with Crippen molar-refractivity contribution < 1.29 is 13.2 Å². The van der Waals surface area contributed by atoms with Crippen molar-refractivity contribution >= 4 is 16.1 Å². The van der Waals surface area contributed by atoms with Gasteiger partial charge in [0.15, 0.2) is 0 Å². The van der Waals surface area contributed by atoms with Crippen molar-refractivity contribution in [3.05, 3.63) is 102 Å². The first-order valence-corrected chi connectivity index (χ1v) is 16.2. The number of likely N-dealkylation sites (tertiary alicyclic amines) is 1. The highest BCUT2D eigenvalue weighted by molar-refractivity contribution is 7.89. The molecule has 1 aliphatic rings. The third-order valence-electron chi connectivity index (χ3n) is 8.00. The normalized spacial score (nSPS) is 15.5. The van der Waals surface area contributed by atoms with E-state index in [1.54, 1.807) is 31.3 Å². The molecule has 4 rings (SSSR count). The SMILES string of the molecule is CCCN(C(=O)NCc1ccccc1)C1CCN(CC[C@H](CN(C)S(=O)(=O)c2ccccc2)c2ccccc2)CC1. The van der Waals surface area contributed by atoms with Crippen LogP contribution in [0.5, 0.6) is 0 Å². The number of urea groups is 1. The molecule has 220 valence electrons. The van der Waals surface area contributed by atoms with E-state index in [9.17, 15) is 13.2 Å². The fourth-order valence-electron chi connectivity index (χ4n) is 5.63. The van der Waals surface area contributed by atoms with Gasteiger partial charge in [-0.05, 0) is 61.4 Å². The minimum Gasteiger partial charge on any atom is -0.334 e. The van der Waals surface area contributed by atoms with E-state index in [0.29, 0.717) is 18.0 Å². The smallest absolute Gasteiger partial charge is 0.317 e. The van der Waals surface area contributed by atoms with Gasteiger partial charge in [-0.3, -0.25) is 0 Å². The Hall–Kier alpha value is -3.20. The standard InChI is InChI=1S/C33H44N4O3S/c1-3-22-37(33(38)34-26-28-13-7-4-8-14-28)31-20-24-36(25-21-31)23-19-30(29-15-9-5-10-16-29)27-35(2)41(39,40)32-17-11-6-12-18-32/h4-18,30-31H,3,19-27H2,1-2H3,(H,34,38)/t30-/m1/s1. The minimum atomic E-state index is -3.56. The van der Waals surface area contributed by atoms with Crippen molar-refractivity contribution in [2.45, 2.75) is 56.0 Å². The molecule has 1 heterocycles. The number of nitrogens with zero attached hydrogens (tertiary/aromatic N) is 3. The lowest BCUT2D eigenvalue weighted by molar-refractivity contribution is 0.118. The summed E-state index contributed by atoms with van der Waals surface area (Å²) in [5.74, 6) is 0.0813. The Labute approximate surface area is 246 Å². The number of likely N-dealkylation sites (N-methyl/N-ethyl adjacent to an activating group) is 1. The zero-order chi connectivity index (χ0) is 29.1. The molecule has 1 N–H and O–H groups in total. The maximum absolute atomic E-state index is 13.2. The van der Waals surface area contributed by atoms with Gasteiger partial charge in [0.05, 0.1) is 4.90 Å². The summed E-state index contributed by atoms with van der Waals surface area (Å²) in [6.07, 6.45) is 3.67. The van der Waals surface area contributed by atoms with Gasteiger partial charge in [-0.2, -0.15) is 0 Å². The maximum Gasteiger partial charge on any atom is 0.317 e. The van der Waals surface area contributed by atoms with Crippen molar-refractivity contribution in [3.63, 3.8) is 0 Å². The van der Waals surface area contributed by atoms with Crippen LogP contribution in [0.2, 0.25) is 0 Å². The van der Waals surface area contributed by atoms with Crippen LogP contribution in [0.3, 0.4) is 0 Å². The lowest BCUT2D eigenvalue weighted by Crippen LogP contribution is -2.51. The zero-order valence-electron chi connectivity index (χ0n) is 24.4. The van der Waals surface area contributed by atoms with Crippen molar-refractivity contribution in [2.24, 2.45) is 0 Å². The van der Waals surface area contributed by atoms with Crippen molar-refractivity contribution in [2.75, 3.05) is 39.8 Å². The summed E-state index contributed by atoms with van der Waals surface area (Å²) in [7, 11) is -1.89.